The number of carboxylic acids is 1. The first-order chi connectivity index (χ1) is 13.7. The second-order valence-electron chi connectivity index (χ2n) is 6.82. The second-order valence-corrected chi connectivity index (χ2v) is 6.82. The van der Waals surface area contributed by atoms with Crippen LogP contribution in [-0.4, -0.2) is 62.5 Å². The molecule has 1 fully saturated rings. The number of aliphatic carboxylic acids is 1. The first kappa shape index (κ1) is 20.2. The predicted octanol–water partition coefficient (Wildman–Crippen LogP) is 2.82. The summed E-state index contributed by atoms with van der Waals surface area (Å²) < 4.78 is 16.4. The number of nitrogens with zero attached hydrogens (tertiary/aromatic N) is 1. The van der Waals surface area contributed by atoms with E-state index in [0.717, 1.165) is 49.7 Å². The van der Waals surface area contributed by atoms with E-state index in [1.807, 2.05) is 24.3 Å². The molecule has 1 aliphatic heterocycles. The fourth-order valence-electron chi connectivity index (χ4n) is 3.30. The van der Waals surface area contributed by atoms with Crippen LogP contribution in [0.5, 0.6) is 11.5 Å². The molecule has 0 radical (unpaired) electrons. The maximum Gasteiger partial charge on any atom is 0.311 e. The molecule has 2 aromatic carbocycles. The van der Waals surface area contributed by atoms with Crippen LogP contribution in [0.2, 0.25) is 0 Å². The van der Waals surface area contributed by atoms with E-state index in [-0.39, 0.29) is 0 Å². The zero-order valence-electron chi connectivity index (χ0n) is 16.2. The number of morpholine rings is 1. The highest BCUT2D eigenvalue weighted by Crippen LogP contribution is 2.25. The summed E-state index contributed by atoms with van der Waals surface area (Å²) in [6.45, 7) is 4.88. The number of ether oxygens (including phenoxy) is 3. The quantitative estimate of drug-likeness (QED) is 0.716. The SMILES string of the molecule is COc1ccc(C(Cc2cccc(OCCN3CCOCC3)c2)C(=O)O)cc1. The Morgan fingerprint density at radius 3 is 2.57 bits per heavy atom. The van der Waals surface area contributed by atoms with E-state index in [1.54, 1.807) is 31.4 Å². The van der Waals surface area contributed by atoms with E-state index in [1.165, 1.54) is 0 Å². The molecule has 6 nitrogen and oxygen atoms in total. The third-order valence-corrected chi connectivity index (χ3v) is 4.93. The van der Waals surface area contributed by atoms with Crippen molar-refractivity contribution in [3.05, 3.63) is 59.7 Å². The van der Waals surface area contributed by atoms with Crippen LogP contribution in [0.15, 0.2) is 48.5 Å². The van der Waals surface area contributed by atoms with Crippen molar-refractivity contribution in [2.24, 2.45) is 0 Å². The van der Waals surface area contributed by atoms with Crippen LogP contribution in [0.3, 0.4) is 0 Å². The molecule has 0 amide bonds. The van der Waals surface area contributed by atoms with Crippen molar-refractivity contribution in [2.45, 2.75) is 12.3 Å². The summed E-state index contributed by atoms with van der Waals surface area (Å²) in [5, 5.41) is 9.69. The number of hydrogen-bond donors (Lipinski definition) is 1. The van der Waals surface area contributed by atoms with Crippen LogP contribution in [0, 0.1) is 0 Å². The Balaban J connectivity index is 1.60. The first-order valence-corrected chi connectivity index (χ1v) is 9.54. The standard InChI is InChI=1S/C22H27NO5/c1-26-19-7-5-18(6-8-19)21(22(24)25)16-17-3-2-4-20(15-17)28-14-11-23-9-12-27-13-10-23/h2-8,15,21H,9-14,16H2,1H3,(H,24,25). The summed E-state index contributed by atoms with van der Waals surface area (Å²) in [5.74, 6) is 0.0199. The predicted molar refractivity (Wildman–Crippen MR) is 106 cm³/mol. The first-order valence-electron chi connectivity index (χ1n) is 9.54. The van der Waals surface area contributed by atoms with E-state index in [2.05, 4.69) is 4.90 Å². The van der Waals surface area contributed by atoms with E-state index in [9.17, 15) is 9.90 Å². The Bertz CT molecular complexity index is 756. The van der Waals surface area contributed by atoms with Crippen molar-refractivity contribution in [1.29, 1.82) is 0 Å². The van der Waals surface area contributed by atoms with Gasteiger partial charge in [-0.15, -0.1) is 0 Å². The van der Waals surface area contributed by atoms with Crippen LogP contribution < -0.4 is 9.47 Å². The fraction of sp³-hybridized carbons (Fsp3) is 0.409. The van der Waals surface area contributed by atoms with Gasteiger partial charge in [-0.25, -0.2) is 0 Å². The lowest BCUT2D eigenvalue weighted by atomic mass is 9.92. The topological polar surface area (TPSA) is 68.2 Å². The molecule has 0 bridgehead atoms. The zero-order chi connectivity index (χ0) is 19.8. The van der Waals surface area contributed by atoms with E-state index in [4.69, 9.17) is 14.2 Å². The molecule has 1 N–H and O–H groups in total. The van der Waals surface area contributed by atoms with Gasteiger partial charge in [0.05, 0.1) is 26.2 Å². The molecule has 1 unspecified atom stereocenters. The average molecular weight is 385 g/mol. The second kappa shape index (κ2) is 10.1. The Labute approximate surface area is 165 Å². The number of methoxy groups -OCH3 is 1. The molecule has 0 spiro atoms. The summed E-state index contributed by atoms with van der Waals surface area (Å²) in [5.41, 5.74) is 1.69. The van der Waals surface area contributed by atoms with Gasteiger partial charge >= 0.3 is 5.97 Å². The molecule has 1 atom stereocenters. The fourth-order valence-corrected chi connectivity index (χ4v) is 3.30. The van der Waals surface area contributed by atoms with Crippen molar-refractivity contribution >= 4 is 5.97 Å². The third-order valence-electron chi connectivity index (χ3n) is 4.93. The molecular weight excluding hydrogens is 358 g/mol. The normalized spacial score (nSPS) is 15.8. The third kappa shape index (κ3) is 5.71. The highest BCUT2D eigenvalue weighted by molar-refractivity contribution is 5.76. The summed E-state index contributed by atoms with van der Waals surface area (Å²) in [7, 11) is 1.59. The minimum atomic E-state index is -0.844. The Morgan fingerprint density at radius 2 is 1.89 bits per heavy atom. The highest BCUT2D eigenvalue weighted by atomic mass is 16.5. The Kier molecular flexibility index (Phi) is 7.28. The Morgan fingerprint density at radius 1 is 1.14 bits per heavy atom. The van der Waals surface area contributed by atoms with Gasteiger partial charge in [0.25, 0.3) is 0 Å². The van der Waals surface area contributed by atoms with Gasteiger partial charge in [0.2, 0.25) is 0 Å². The molecule has 2 aromatic rings. The summed E-state index contributed by atoms with van der Waals surface area (Å²) in [6, 6.07) is 14.9. The van der Waals surface area contributed by atoms with Crippen LogP contribution in [-0.2, 0) is 16.0 Å². The zero-order valence-corrected chi connectivity index (χ0v) is 16.2. The average Bonchev–Trinajstić information content (AvgIpc) is 2.73. The van der Waals surface area contributed by atoms with Gasteiger partial charge in [0, 0.05) is 19.6 Å². The van der Waals surface area contributed by atoms with Crippen LogP contribution in [0.25, 0.3) is 0 Å². The minimum absolute atomic E-state index is 0.405. The Hall–Kier alpha value is -2.57. The molecule has 1 aliphatic rings. The van der Waals surface area contributed by atoms with Gasteiger partial charge in [-0.05, 0) is 41.8 Å². The van der Waals surface area contributed by atoms with E-state index in [0.29, 0.717) is 18.8 Å². The van der Waals surface area contributed by atoms with Crippen molar-refractivity contribution in [3.8, 4) is 11.5 Å². The van der Waals surface area contributed by atoms with Gasteiger partial charge in [0.1, 0.15) is 18.1 Å². The van der Waals surface area contributed by atoms with Gasteiger partial charge in [0.15, 0.2) is 0 Å². The molecule has 0 aliphatic carbocycles. The largest absolute Gasteiger partial charge is 0.497 e. The molecule has 6 heteroatoms. The number of benzene rings is 2. The van der Waals surface area contributed by atoms with Gasteiger partial charge in [-0.1, -0.05) is 24.3 Å². The van der Waals surface area contributed by atoms with Crippen molar-refractivity contribution in [1.82, 2.24) is 4.90 Å². The molecule has 0 aromatic heterocycles. The lowest BCUT2D eigenvalue weighted by Crippen LogP contribution is -2.38. The molecular formula is C22H27NO5. The summed E-state index contributed by atoms with van der Waals surface area (Å²) in [4.78, 5) is 14.1. The maximum atomic E-state index is 11.8. The van der Waals surface area contributed by atoms with Gasteiger partial charge < -0.3 is 19.3 Å². The van der Waals surface area contributed by atoms with Crippen molar-refractivity contribution in [2.75, 3.05) is 46.6 Å². The van der Waals surface area contributed by atoms with E-state index >= 15 is 0 Å². The van der Waals surface area contributed by atoms with E-state index < -0.39 is 11.9 Å². The molecule has 3 rings (SSSR count). The minimum Gasteiger partial charge on any atom is -0.497 e. The maximum absolute atomic E-state index is 11.8. The van der Waals surface area contributed by atoms with Crippen LogP contribution in [0.1, 0.15) is 17.0 Å². The monoisotopic (exact) mass is 385 g/mol. The number of hydrogen-bond acceptors (Lipinski definition) is 5. The lowest BCUT2D eigenvalue weighted by Gasteiger charge is -2.26. The summed E-state index contributed by atoms with van der Waals surface area (Å²) in [6.07, 6.45) is 0.405. The number of carboxylic acid groups (broad SMARTS) is 1. The lowest BCUT2D eigenvalue weighted by molar-refractivity contribution is -0.138. The summed E-state index contributed by atoms with van der Waals surface area (Å²) >= 11 is 0. The number of carbonyl (C=O) groups is 1. The van der Waals surface area contributed by atoms with Crippen molar-refractivity contribution in [3.63, 3.8) is 0 Å². The van der Waals surface area contributed by atoms with Crippen molar-refractivity contribution < 1.29 is 24.1 Å². The molecule has 28 heavy (non-hydrogen) atoms. The smallest absolute Gasteiger partial charge is 0.311 e. The molecule has 150 valence electrons. The highest BCUT2D eigenvalue weighted by Gasteiger charge is 2.20. The molecule has 1 heterocycles. The number of rotatable bonds is 9. The van der Waals surface area contributed by atoms with Crippen LogP contribution >= 0.6 is 0 Å². The van der Waals surface area contributed by atoms with Gasteiger partial charge in [-0.2, -0.15) is 0 Å². The molecule has 1 saturated heterocycles. The molecule has 0 saturated carbocycles. The van der Waals surface area contributed by atoms with Gasteiger partial charge in [-0.3, -0.25) is 9.69 Å². The van der Waals surface area contributed by atoms with Crippen LogP contribution in [0.4, 0.5) is 0 Å².